The average Bonchev–Trinajstić information content (AvgIpc) is 2.92. The van der Waals surface area contributed by atoms with Crippen molar-refractivity contribution in [3.05, 3.63) is 33.3 Å². The van der Waals surface area contributed by atoms with Gasteiger partial charge in [-0.1, -0.05) is 19.0 Å². The first-order valence-corrected chi connectivity index (χ1v) is 7.56. The number of aryl methyl sites for hydroxylation is 1. The number of aromatic hydroxyl groups is 1. The van der Waals surface area contributed by atoms with E-state index in [9.17, 15) is 15.2 Å². The lowest BCUT2D eigenvalue weighted by atomic mass is 10.1. The zero-order chi connectivity index (χ0) is 17.9. The number of pyridine rings is 1. The van der Waals surface area contributed by atoms with Crippen molar-refractivity contribution < 1.29 is 9.63 Å². The molecule has 0 unspecified atom stereocenters. The van der Waals surface area contributed by atoms with E-state index in [1.165, 1.54) is 0 Å². The van der Waals surface area contributed by atoms with E-state index < -0.39 is 5.56 Å². The molecule has 2 heterocycles. The molecule has 0 atom stereocenters. The Balaban J connectivity index is 2.54. The van der Waals surface area contributed by atoms with Crippen LogP contribution in [0, 0.1) is 31.1 Å². The third-order valence-corrected chi connectivity index (χ3v) is 3.57. The number of nitriles is 1. The molecule has 0 aliphatic rings. The van der Waals surface area contributed by atoms with Crippen LogP contribution >= 0.6 is 0 Å². The van der Waals surface area contributed by atoms with Gasteiger partial charge in [-0.25, -0.2) is 0 Å². The molecule has 8 heteroatoms. The fourth-order valence-electron chi connectivity index (χ4n) is 2.15. The van der Waals surface area contributed by atoms with Crippen molar-refractivity contribution in [3.63, 3.8) is 0 Å². The SMILES string of the molecule is Cc1cc(N=Nc2c(C)c(C#N)c(O)n(CCC(C)C)c2=O)no1. The third-order valence-electron chi connectivity index (χ3n) is 3.57. The monoisotopic (exact) mass is 329 g/mol. The standard InChI is InChI=1S/C16H19N5O3/c1-9(2)5-6-21-15(22)12(8-17)11(4)14(16(21)23)19-18-13-7-10(3)24-20-13/h7,9,22H,5-6H2,1-4H3. The predicted molar refractivity (Wildman–Crippen MR) is 86.7 cm³/mol. The van der Waals surface area contributed by atoms with Crippen LogP contribution in [0.2, 0.25) is 0 Å². The molecule has 0 radical (unpaired) electrons. The molecule has 0 aliphatic heterocycles. The van der Waals surface area contributed by atoms with Gasteiger partial charge in [0.05, 0.1) is 0 Å². The molecule has 0 fully saturated rings. The zero-order valence-corrected chi connectivity index (χ0v) is 14.1. The van der Waals surface area contributed by atoms with Gasteiger partial charge in [-0.15, -0.1) is 10.2 Å². The van der Waals surface area contributed by atoms with E-state index >= 15 is 0 Å². The number of hydrogen-bond donors (Lipinski definition) is 1. The minimum atomic E-state index is -0.492. The van der Waals surface area contributed by atoms with Crippen molar-refractivity contribution in [2.45, 2.75) is 40.7 Å². The average molecular weight is 329 g/mol. The summed E-state index contributed by atoms with van der Waals surface area (Å²) in [6.45, 7) is 7.58. The van der Waals surface area contributed by atoms with Crippen molar-refractivity contribution in [2.24, 2.45) is 16.1 Å². The van der Waals surface area contributed by atoms with Crippen LogP contribution in [0.5, 0.6) is 5.88 Å². The van der Waals surface area contributed by atoms with Crippen molar-refractivity contribution in [1.29, 1.82) is 5.26 Å². The fourth-order valence-corrected chi connectivity index (χ4v) is 2.15. The lowest BCUT2D eigenvalue weighted by Gasteiger charge is -2.13. The molecular formula is C16H19N5O3. The smallest absolute Gasteiger partial charge is 0.281 e. The van der Waals surface area contributed by atoms with Crippen LogP contribution in [0.3, 0.4) is 0 Å². The molecule has 0 saturated carbocycles. The second-order valence-corrected chi connectivity index (χ2v) is 5.92. The van der Waals surface area contributed by atoms with Crippen molar-refractivity contribution in [3.8, 4) is 11.9 Å². The van der Waals surface area contributed by atoms with Crippen molar-refractivity contribution in [1.82, 2.24) is 9.72 Å². The Hall–Kier alpha value is -2.95. The molecular weight excluding hydrogens is 310 g/mol. The zero-order valence-electron chi connectivity index (χ0n) is 14.1. The summed E-state index contributed by atoms with van der Waals surface area (Å²) >= 11 is 0. The molecule has 24 heavy (non-hydrogen) atoms. The number of rotatable bonds is 5. The highest BCUT2D eigenvalue weighted by Crippen LogP contribution is 2.27. The summed E-state index contributed by atoms with van der Waals surface area (Å²) < 4.78 is 6.05. The van der Waals surface area contributed by atoms with Gasteiger partial charge in [0.1, 0.15) is 17.4 Å². The van der Waals surface area contributed by atoms with Crippen LogP contribution in [0.1, 0.15) is 37.2 Å². The maximum atomic E-state index is 12.6. The summed E-state index contributed by atoms with van der Waals surface area (Å²) in [5.74, 6) is 0.799. The highest BCUT2D eigenvalue weighted by atomic mass is 16.5. The van der Waals surface area contributed by atoms with Crippen LogP contribution in [0.15, 0.2) is 25.6 Å². The predicted octanol–water partition coefficient (Wildman–Crippen LogP) is 3.49. The molecule has 2 aromatic rings. The molecule has 2 aromatic heterocycles. The quantitative estimate of drug-likeness (QED) is 0.842. The van der Waals surface area contributed by atoms with Gasteiger partial charge in [-0.2, -0.15) is 5.26 Å². The molecule has 0 spiro atoms. The Kier molecular flexibility index (Phi) is 5.14. The van der Waals surface area contributed by atoms with E-state index in [0.29, 0.717) is 24.6 Å². The first-order chi connectivity index (χ1) is 11.3. The Labute approximate surface area is 139 Å². The topological polar surface area (TPSA) is 117 Å². The minimum absolute atomic E-state index is 0.00811. The van der Waals surface area contributed by atoms with E-state index in [4.69, 9.17) is 4.52 Å². The normalized spacial score (nSPS) is 11.3. The third kappa shape index (κ3) is 3.51. The highest BCUT2D eigenvalue weighted by Gasteiger charge is 2.19. The van der Waals surface area contributed by atoms with Crippen molar-refractivity contribution in [2.75, 3.05) is 0 Å². The molecule has 126 valence electrons. The van der Waals surface area contributed by atoms with Gasteiger partial charge < -0.3 is 9.63 Å². The van der Waals surface area contributed by atoms with Gasteiger partial charge in [0.15, 0.2) is 5.69 Å². The lowest BCUT2D eigenvalue weighted by Crippen LogP contribution is -2.22. The van der Waals surface area contributed by atoms with E-state index in [-0.39, 0.29) is 28.5 Å². The van der Waals surface area contributed by atoms with E-state index in [2.05, 4.69) is 15.4 Å². The van der Waals surface area contributed by atoms with Crippen LogP contribution in [0.25, 0.3) is 0 Å². The Morgan fingerprint density at radius 2 is 2.12 bits per heavy atom. The van der Waals surface area contributed by atoms with Gasteiger partial charge in [0.25, 0.3) is 5.56 Å². The number of nitrogens with zero attached hydrogens (tertiary/aromatic N) is 5. The summed E-state index contributed by atoms with van der Waals surface area (Å²) in [6.07, 6.45) is 0.681. The maximum absolute atomic E-state index is 12.6. The molecule has 1 N–H and O–H groups in total. The number of hydrogen-bond acceptors (Lipinski definition) is 7. The summed E-state index contributed by atoms with van der Waals surface area (Å²) in [5.41, 5.74) is -0.184. The first-order valence-electron chi connectivity index (χ1n) is 7.56. The second-order valence-electron chi connectivity index (χ2n) is 5.92. The Morgan fingerprint density at radius 1 is 1.42 bits per heavy atom. The van der Waals surface area contributed by atoms with Crippen molar-refractivity contribution >= 4 is 11.5 Å². The largest absolute Gasteiger partial charge is 0.493 e. The molecule has 0 bridgehead atoms. The molecule has 2 rings (SSSR count). The number of azo groups is 1. The summed E-state index contributed by atoms with van der Waals surface area (Å²) in [6, 6.07) is 3.49. The van der Waals surface area contributed by atoms with E-state index in [0.717, 1.165) is 4.57 Å². The fraction of sp³-hybridized carbons (Fsp3) is 0.438. The second kappa shape index (κ2) is 7.08. The molecule has 0 saturated heterocycles. The summed E-state index contributed by atoms with van der Waals surface area (Å²) in [5, 5.41) is 31.0. The van der Waals surface area contributed by atoms with Gasteiger partial charge >= 0.3 is 0 Å². The van der Waals surface area contributed by atoms with Gasteiger partial charge in [-0.3, -0.25) is 9.36 Å². The van der Waals surface area contributed by atoms with Gasteiger partial charge in [0, 0.05) is 18.2 Å². The van der Waals surface area contributed by atoms with E-state index in [1.54, 1.807) is 19.9 Å². The first kappa shape index (κ1) is 17.4. The number of aromatic nitrogens is 2. The van der Waals surface area contributed by atoms with E-state index in [1.807, 2.05) is 19.9 Å². The van der Waals surface area contributed by atoms with Crippen LogP contribution in [-0.2, 0) is 6.54 Å². The van der Waals surface area contributed by atoms with Gasteiger partial charge in [0.2, 0.25) is 11.7 Å². The Morgan fingerprint density at radius 3 is 2.67 bits per heavy atom. The maximum Gasteiger partial charge on any atom is 0.281 e. The van der Waals surface area contributed by atoms with Crippen LogP contribution < -0.4 is 5.56 Å². The summed E-state index contributed by atoms with van der Waals surface area (Å²) in [7, 11) is 0. The molecule has 0 aromatic carbocycles. The van der Waals surface area contributed by atoms with Gasteiger partial charge in [-0.05, 0) is 26.2 Å². The lowest BCUT2D eigenvalue weighted by molar-refractivity contribution is 0.388. The highest BCUT2D eigenvalue weighted by molar-refractivity contribution is 5.56. The molecule has 0 aliphatic carbocycles. The minimum Gasteiger partial charge on any atom is -0.493 e. The van der Waals surface area contributed by atoms with Crippen LogP contribution in [-0.4, -0.2) is 14.8 Å². The Bertz CT molecular complexity index is 871. The molecule has 0 amide bonds. The molecule has 8 nitrogen and oxygen atoms in total. The van der Waals surface area contributed by atoms with Crippen LogP contribution in [0.4, 0.5) is 11.5 Å². The summed E-state index contributed by atoms with van der Waals surface area (Å²) in [4.78, 5) is 12.6.